The number of benzene rings is 1. The van der Waals surface area contributed by atoms with Crippen LogP contribution in [0.25, 0.3) is 0 Å². The molecule has 26 heavy (non-hydrogen) atoms. The molecular weight excluding hydrogens is 374 g/mol. The van der Waals surface area contributed by atoms with Crippen molar-refractivity contribution in [2.75, 3.05) is 11.8 Å². The van der Waals surface area contributed by atoms with E-state index in [9.17, 15) is 13.2 Å². The molecule has 9 heteroatoms. The summed E-state index contributed by atoms with van der Waals surface area (Å²) in [6, 6.07) is 4.93. The van der Waals surface area contributed by atoms with E-state index in [1.54, 1.807) is 32.2 Å². The highest BCUT2D eigenvalue weighted by molar-refractivity contribution is 7.87. The Morgan fingerprint density at radius 2 is 2.04 bits per heavy atom. The summed E-state index contributed by atoms with van der Waals surface area (Å²) in [5, 5.41) is 3.16. The lowest BCUT2D eigenvalue weighted by atomic mass is 10.0. The summed E-state index contributed by atoms with van der Waals surface area (Å²) in [6.07, 6.45) is 2.75. The molecule has 0 saturated carbocycles. The van der Waals surface area contributed by atoms with Crippen LogP contribution in [0.15, 0.2) is 18.2 Å². The minimum absolute atomic E-state index is 0.0452. The zero-order valence-corrected chi connectivity index (χ0v) is 17.2. The van der Waals surface area contributed by atoms with Crippen molar-refractivity contribution in [3.63, 3.8) is 0 Å². The number of anilines is 1. The molecule has 0 radical (unpaired) electrons. The van der Waals surface area contributed by atoms with Gasteiger partial charge >= 0.3 is 10.3 Å². The van der Waals surface area contributed by atoms with Crippen LogP contribution < -0.4 is 10.0 Å². The monoisotopic (exact) mass is 401 g/mol. The third-order valence-electron chi connectivity index (χ3n) is 3.96. The molecule has 7 nitrogen and oxygen atoms in total. The van der Waals surface area contributed by atoms with Gasteiger partial charge in [-0.25, -0.2) is 0 Å². The molecule has 0 aliphatic heterocycles. The second-order valence-electron chi connectivity index (χ2n) is 6.22. The summed E-state index contributed by atoms with van der Waals surface area (Å²) in [5.41, 5.74) is 1.44. The van der Waals surface area contributed by atoms with Crippen molar-refractivity contribution in [3.05, 3.63) is 29.3 Å². The highest BCUT2D eigenvalue weighted by Crippen LogP contribution is 2.21. The van der Waals surface area contributed by atoms with E-state index in [0.717, 1.165) is 24.8 Å². The van der Waals surface area contributed by atoms with Crippen LogP contribution >= 0.6 is 12.2 Å². The maximum atomic E-state index is 12.9. The van der Waals surface area contributed by atoms with E-state index in [1.165, 1.54) is 4.90 Å². The third kappa shape index (κ3) is 6.89. The van der Waals surface area contributed by atoms with E-state index in [4.69, 9.17) is 16.8 Å². The van der Waals surface area contributed by atoms with Crippen molar-refractivity contribution in [3.8, 4) is 0 Å². The molecule has 1 unspecified atom stereocenters. The fraction of sp³-hybridized carbons (Fsp3) is 0.529. The van der Waals surface area contributed by atoms with Crippen molar-refractivity contribution in [1.29, 1.82) is 0 Å². The number of hydrogen-bond donors (Lipinski definition) is 3. The molecule has 1 aromatic rings. The summed E-state index contributed by atoms with van der Waals surface area (Å²) < 4.78 is 33.5. The van der Waals surface area contributed by atoms with Crippen LogP contribution in [0.5, 0.6) is 0 Å². The average molecular weight is 402 g/mol. The fourth-order valence-corrected chi connectivity index (χ4v) is 3.38. The Hall–Kier alpha value is -1.71. The maximum absolute atomic E-state index is 12.9. The maximum Gasteiger partial charge on any atom is 0.357 e. The van der Waals surface area contributed by atoms with Gasteiger partial charge in [-0.05, 0) is 49.7 Å². The zero-order chi connectivity index (χ0) is 19.9. The van der Waals surface area contributed by atoms with E-state index in [-0.39, 0.29) is 24.1 Å². The molecule has 0 aliphatic rings. The Morgan fingerprint density at radius 1 is 1.38 bits per heavy atom. The molecular formula is C17H27N3O4S2. The standard InChI is InChI=1S/C17H27N3O4S2/c1-5-6-7-13(3)20(17(25)18-4)16(21)11-14-9-8-12(2)10-15(14)19-26(22,23)24/h8-10,13,19H,5-7,11H2,1-4H3,(H,18,25)(H,22,23,24). The summed E-state index contributed by atoms with van der Waals surface area (Å²) in [5.74, 6) is -0.241. The molecule has 0 bridgehead atoms. The van der Waals surface area contributed by atoms with Crippen LogP contribution in [-0.2, 0) is 21.5 Å². The minimum atomic E-state index is -4.43. The summed E-state index contributed by atoms with van der Waals surface area (Å²) >= 11 is 5.28. The van der Waals surface area contributed by atoms with Gasteiger partial charge in [-0.2, -0.15) is 8.42 Å². The predicted molar refractivity (Wildman–Crippen MR) is 108 cm³/mol. The van der Waals surface area contributed by atoms with Gasteiger partial charge in [0.05, 0.1) is 12.1 Å². The quantitative estimate of drug-likeness (QED) is 0.458. The van der Waals surface area contributed by atoms with Gasteiger partial charge in [-0.1, -0.05) is 31.9 Å². The van der Waals surface area contributed by atoms with E-state index in [0.29, 0.717) is 10.7 Å². The molecule has 1 aromatic carbocycles. The Kier molecular flexibility index (Phi) is 8.45. The summed E-state index contributed by atoms with van der Waals surface area (Å²) in [4.78, 5) is 14.4. The number of carbonyl (C=O) groups excluding carboxylic acids is 1. The van der Waals surface area contributed by atoms with Gasteiger partial charge in [-0.15, -0.1) is 0 Å². The number of thiocarbonyl (C=S) groups is 1. The first kappa shape index (κ1) is 22.3. The Bertz CT molecular complexity index is 750. The topological polar surface area (TPSA) is 98.7 Å². The lowest BCUT2D eigenvalue weighted by Crippen LogP contribution is -2.48. The SMILES string of the molecule is CCCCC(C)N(C(=O)Cc1ccc(C)cc1NS(=O)(=O)O)C(=S)NC. The largest absolute Gasteiger partial charge is 0.365 e. The van der Waals surface area contributed by atoms with Crippen LogP contribution in [0.4, 0.5) is 5.69 Å². The summed E-state index contributed by atoms with van der Waals surface area (Å²) in [7, 11) is -2.78. The van der Waals surface area contributed by atoms with Gasteiger partial charge in [0.15, 0.2) is 5.11 Å². The molecule has 146 valence electrons. The van der Waals surface area contributed by atoms with Crippen LogP contribution in [0.2, 0.25) is 0 Å². The van der Waals surface area contributed by atoms with E-state index < -0.39 is 10.3 Å². The number of amides is 1. The van der Waals surface area contributed by atoms with Crippen molar-refractivity contribution in [1.82, 2.24) is 10.2 Å². The lowest BCUT2D eigenvalue weighted by Gasteiger charge is -2.29. The van der Waals surface area contributed by atoms with Gasteiger partial charge in [0.1, 0.15) is 0 Å². The van der Waals surface area contributed by atoms with E-state index >= 15 is 0 Å². The van der Waals surface area contributed by atoms with Gasteiger partial charge in [-0.3, -0.25) is 19.0 Å². The van der Waals surface area contributed by atoms with Crippen molar-refractivity contribution in [2.45, 2.75) is 52.5 Å². The molecule has 0 aromatic heterocycles. The first-order chi connectivity index (χ1) is 12.1. The van der Waals surface area contributed by atoms with E-state index in [1.807, 2.05) is 6.92 Å². The van der Waals surface area contributed by atoms with Crippen molar-refractivity contribution < 1.29 is 17.8 Å². The molecule has 1 atom stereocenters. The average Bonchev–Trinajstić information content (AvgIpc) is 2.54. The number of rotatable bonds is 8. The van der Waals surface area contributed by atoms with Gasteiger partial charge < -0.3 is 5.32 Å². The Morgan fingerprint density at radius 3 is 2.58 bits per heavy atom. The lowest BCUT2D eigenvalue weighted by molar-refractivity contribution is -0.128. The molecule has 1 amide bonds. The number of aryl methyl sites for hydroxylation is 1. The van der Waals surface area contributed by atoms with Gasteiger partial charge in [0.2, 0.25) is 5.91 Å². The number of hydrogen-bond acceptors (Lipinski definition) is 4. The normalized spacial score (nSPS) is 12.3. The molecule has 0 heterocycles. The van der Waals surface area contributed by atoms with Crippen LogP contribution in [0.1, 0.15) is 44.2 Å². The molecule has 0 spiro atoms. The van der Waals surface area contributed by atoms with Crippen LogP contribution in [-0.4, -0.2) is 42.0 Å². The first-order valence-corrected chi connectivity index (χ1v) is 10.3. The fourth-order valence-electron chi connectivity index (χ4n) is 2.63. The third-order valence-corrected chi connectivity index (χ3v) is 4.84. The Labute approximate surface area is 161 Å². The highest BCUT2D eigenvalue weighted by atomic mass is 32.2. The van der Waals surface area contributed by atoms with Crippen LogP contribution in [0.3, 0.4) is 0 Å². The van der Waals surface area contributed by atoms with Gasteiger partial charge in [0, 0.05) is 13.1 Å². The first-order valence-electron chi connectivity index (χ1n) is 8.47. The number of unbranched alkanes of at least 4 members (excludes halogenated alkanes) is 1. The number of nitrogens with one attached hydrogen (secondary N) is 2. The molecule has 0 saturated heterocycles. The van der Waals surface area contributed by atoms with Crippen LogP contribution in [0, 0.1) is 6.92 Å². The molecule has 1 rings (SSSR count). The van der Waals surface area contributed by atoms with Crippen molar-refractivity contribution >= 4 is 39.2 Å². The van der Waals surface area contributed by atoms with Crippen molar-refractivity contribution in [2.24, 2.45) is 0 Å². The number of nitrogens with zero attached hydrogens (tertiary/aromatic N) is 1. The second-order valence-corrected chi connectivity index (χ2v) is 7.77. The molecule has 0 aliphatic carbocycles. The smallest absolute Gasteiger partial charge is 0.357 e. The second kappa shape index (κ2) is 9.84. The minimum Gasteiger partial charge on any atom is -0.365 e. The summed E-state index contributed by atoms with van der Waals surface area (Å²) in [6.45, 7) is 5.80. The Balaban J connectivity index is 3.10. The number of carbonyl (C=O) groups is 1. The molecule has 3 N–H and O–H groups in total. The predicted octanol–water partition coefficient (Wildman–Crippen LogP) is 2.66. The molecule has 0 fully saturated rings. The van der Waals surface area contributed by atoms with E-state index in [2.05, 4.69) is 17.0 Å². The zero-order valence-electron chi connectivity index (χ0n) is 15.6. The van der Waals surface area contributed by atoms with Gasteiger partial charge in [0.25, 0.3) is 0 Å². The highest BCUT2D eigenvalue weighted by Gasteiger charge is 2.24.